The van der Waals surface area contributed by atoms with Crippen molar-refractivity contribution in [1.82, 2.24) is 5.32 Å². The van der Waals surface area contributed by atoms with Crippen molar-refractivity contribution in [1.29, 1.82) is 0 Å². The van der Waals surface area contributed by atoms with E-state index >= 15 is 0 Å². The van der Waals surface area contributed by atoms with Crippen LogP contribution in [0.1, 0.15) is 166 Å². The van der Waals surface area contributed by atoms with E-state index in [9.17, 15) is 19.2 Å². The molecule has 0 aliphatic heterocycles. The second-order valence-electron chi connectivity index (χ2n) is 23.2. The maximum Gasteiger partial charge on any atom is 0.312 e. The van der Waals surface area contributed by atoms with E-state index in [0.717, 1.165) is 75.3 Å². The normalized spacial score (nSPS) is 36.0. The van der Waals surface area contributed by atoms with E-state index in [4.69, 9.17) is 21.1 Å². The molecular formula is C51H72ClNO6. The minimum Gasteiger partial charge on any atom is -0.462 e. The summed E-state index contributed by atoms with van der Waals surface area (Å²) in [6, 6.07) is 7.79. The summed E-state index contributed by atoms with van der Waals surface area (Å²) in [7, 11) is 0. The number of carbonyl (C=O) groups is 4. The Hall–Kier alpha value is -2.93. The third-order valence-corrected chi connectivity index (χ3v) is 17.6. The molecule has 324 valence electrons. The van der Waals surface area contributed by atoms with Crippen molar-refractivity contribution in [2.45, 2.75) is 177 Å². The van der Waals surface area contributed by atoms with Crippen molar-refractivity contribution >= 4 is 35.2 Å². The van der Waals surface area contributed by atoms with Crippen LogP contribution >= 0.6 is 11.6 Å². The van der Waals surface area contributed by atoms with E-state index in [1.54, 1.807) is 19.9 Å². The van der Waals surface area contributed by atoms with E-state index < -0.39 is 16.4 Å². The monoisotopic (exact) mass is 830 g/mol. The van der Waals surface area contributed by atoms with E-state index in [0.29, 0.717) is 23.3 Å². The molecule has 0 saturated heterocycles. The average Bonchev–Trinajstić information content (AvgIpc) is 3.82. The number of rotatable bonds is 9. The lowest BCUT2D eigenvalue weighted by atomic mass is 9.33. The van der Waals surface area contributed by atoms with Crippen LogP contribution in [-0.4, -0.2) is 35.3 Å². The van der Waals surface area contributed by atoms with Gasteiger partial charge in [-0.3, -0.25) is 19.2 Å². The Morgan fingerprint density at radius 2 is 1.51 bits per heavy atom. The number of Topliss-reactive ketones (excluding diaryl/α,β-unsaturated/α-hetero) is 1. The summed E-state index contributed by atoms with van der Waals surface area (Å²) in [6.45, 7) is 25.7. The summed E-state index contributed by atoms with van der Waals surface area (Å²) >= 11 is 6.17. The Bertz CT molecular complexity index is 1950. The van der Waals surface area contributed by atoms with Gasteiger partial charge in [0.15, 0.2) is 5.78 Å². The predicted octanol–water partition coefficient (Wildman–Crippen LogP) is 11.7. The highest BCUT2D eigenvalue weighted by Gasteiger charge is 2.70. The van der Waals surface area contributed by atoms with Gasteiger partial charge >= 0.3 is 11.9 Å². The van der Waals surface area contributed by atoms with Crippen molar-refractivity contribution in [2.75, 3.05) is 0 Å². The van der Waals surface area contributed by atoms with Gasteiger partial charge in [0.25, 0.3) is 0 Å². The van der Waals surface area contributed by atoms with Gasteiger partial charge in [-0.05, 0) is 174 Å². The van der Waals surface area contributed by atoms with Crippen LogP contribution in [0.5, 0.6) is 0 Å². The number of hydrogen-bond acceptors (Lipinski definition) is 6. The molecule has 7 nitrogen and oxygen atoms in total. The van der Waals surface area contributed by atoms with Crippen LogP contribution in [0.4, 0.5) is 0 Å². The van der Waals surface area contributed by atoms with Gasteiger partial charge in [0.05, 0.1) is 17.4 Å². The number of hydrogen-bond donors (Lipinski definition) is 1. The molecule has 1 aromatic rings. The highest BCUT2D eigenvalue weighted by Crippen LogP contribution is 2.77. The number of ether oxygens (including phenoxy) is 2. The zero-order valence-corrected chi connectivity index (χ0v) is 38.9. The lowest BCUT2D eigenvalue weighted by Crippen LogP contribution is -2.65. The Kier molecular flexibility index (Phi) is 10.9. The molecule has 5 fully saturated rings. The molecule has 0 aromatic heterocycles. The van der Waals surface area contributed by atoms with Crippen molar-refractivity contribution in [3.05, 3.63) is 58.1 Å². The molecule has 0 spiro atoms. The van der Waals surface area contributed by atoms with Gasteiger partial charge in [0, 0.05) is 22.3 Å². The minimum absolute atomic E-state index is 0.00303. The van der Waals surface area contributed by atoms with Crippen molar-refractivity contribution < 1.29 is 28.7 Å². The standard InChI is InChI=1S/C51H72ClNO6/c1-31(2)41-35(54)29-50(24-21-39(55)53-51(27-28-51)32-13-15-33(52)16-14-32)26-25-48(11)34(42(41)50)17-18-37-47(10)22-20-38(46(8,9)36(47)19-23-49(37,48)12)58-40(56)30-45(6,7)43(57)59-44(3,4)5/h13-16,21,24,31,34,36-38H,17-20,22-23,25-30H2,1-12H3,(H,53,55). The summed E-state index contributed by atoms with van der Waals surface area (Å²) in [5.41, 5.74) is 0.944. The van der Waals surface area contributed by atoms with Gasteiger partial charge in [0.1, 0.15) is 11.7 Å². The first-order chi connectivity index (χ1) is 27.2. The highest BCUT2D eigenvalue weighted by atomic mass is 35.5. The number of esters is 2. The fourth-order valence-corrected chi connectivity index (χ4v) is 14.1. The number of allylic oxidation sites excluding steroid dienone is 3. The quantitative estimate of drug-likeness (QED) is 0.197. The number of fused-ring (bicyclic) bond motifs is 7. The van der Waals surface area contributed by atoms with E-state index in [1.165, 1.54) is 5.57 Å². The largest absolute Gasteiger partial charge is 0.462 e. The smallest absolute Gasteiger partial charge is 0.312 e. The predicted molar refractivity (Wildman–Crippen MR) is 233 cm³/mol. The topological polar surface area (TPSA) is 98.8 Å². The maximum absolute atomic E-state index is 14.1. The van der Waals surface area contributed by atoms with Gasteiger partial charge < -0.3 is 14.8 Å². The number of carbonyl (C=O) groups excluding carboxylic acids is 4. The van der Waals surface area contributed by atoms with E-state index in [1.807, 2.05) is 45.0 Å². The first kappa shape index (κ1) is 44.1. The summed E-state index contributed by atoms with van der Waals surface area (Å²) in [5, 5.41) is 4.01. The number of amides is 1. The van der Waals surface area contributed by atoms with Gasteiger partial charge in [-0.25, -0.2) is 0 Å². The first-order valence-corrected chi connectivity index (χ1v) is 23.1. The number of halogens is 1. The van der Waals surface area contributed by atoms with Crippen LogP contribution in [0.2, 0.25) is 5.02 Å². The summed E-state index contributed by atoms with van der Waals surface area (Å²) in [5.74, 6) is 0.718. The van der Waals surface area contributed by atoms with Crippen molar-refractivity contribution in [2.24, 2.45) is 56.2 Å². The molecule has 59 heavy (non-hydrogen) atoms. The molecule has 0 radical (unpaired) electrons. The third kappa shape index (κ3) is 7.37. The minimum atomic E-state index is -0.982. The molecule has 1 amide bonds. The fraction of sp³-hybridized carbons (Fsp3) is 0.725. The van der Waals surface area contributed by atoms with Gasteiger partial charge in [-0.2, -0.15) is 0 Å². The van der Waals surface area contributed by atoms with Gasteiger partial charge in [-0.15, -0.1) is 0 Å². The fourth-order valence-electron chi connectivity index (χ4n) is 14.0. The number of ketones is 1. The SMILES string of the molecule is CC(C)C1=C2C3CCC4C5(C)CCC(OC(=O)CC(C)(C)C(=O)OC(C)(C)C)C(C)(C)C5CCC4(C)C3(C)CCC2(C=CC(=O)NC2(c3ccc(Cl)cc3)CC2)CC1=O. The summed E-state index contributed by atoms with van der Waals surface area (Å²) in [6.07, 6.45) is 13.9. The maximum atomic E-state index is 14.1. The zero-order chi connectivity index (χ0) is 43.4. The lowest BCUT2D eigenvalue weighted by Gasteiger charge is -2.72. The molecule has 5 saturated carbocycles. The highest BCUT2D eigenvalue weighted by molar-refractivity contribution is 6.30. The van der Waals surface area contributed by atoms with E-state index in [2.05, 4.69) is 59.9 Å². The Morgan fingerprint density at radius 1 is 0.847 bits per heavy atom. The molecule has 1 aromatic carbocycles. The van der Waals surface area contributed by atoms with Crippen LogP contribution in [0.3, 0.4) is 0 Å². The number of nitrogens with one attached hydrogen (secondary N) is 1. The molecular weight excluding hydrogens is 758 g/mol. The van der Waals surface area contributed by atoms with Crippen LogP contribution in [0, 0.1) is 56.2 Å². The second kappa shape index (κ2) is 14.6. The average molecular weight is 831 g/mol. The first-order valence-electron chi connectivity index (χ1n) is 22.7. The molecule has 8 atom stereocenters. The van der Waals surface area contributed by atoms with Gasteiger partial charge in [0.2, 0.25) is 5.91 Å². The van der Waals surface area contributed by atoms with Crippen molar-refractivity contribution in [3.8, 4) is 0 Å². The van der Waals surface area contributed by atoms with Crippen molar-refractivity contribution in [3.63, 3.8) is 0 Å². The van der Waals surface area contributed by atoms with Crippen LogP contribution in [-0.2, 0) is 34.2 Å². The molecule has 8 unspecified atom stereocenters. The van der Waals surface area contributed by atoms with Gasteiger partial charge in [-0.1, -0.05) is 78.3 Å². The Morgan fingerprint density at radius 3 is 2.12 bits per heavy atom. The summed E-state index contributed by atoms with van der Waals surface area (Å²) < 4.78 is 12.0. The molecule has 6 aliphatic rings. The molecule has 8 heteroatoms. The number of benzene rings is 1. The van der Waals surface area contributed by atoms with E-state index in [-0.39, 0.29) is 75.2 Å². The van der Waals surface area contributed by atoms with Crippen LogP contribution < -0.4 is 5.32 Å². The van der Waals surface area contributed by atoms with Crippen LogP contribution in [0.25, 0.3) is 0 Å². The zero-order valence-electron chi connectivity index (χ0n) is 38.2. The lowest BCUT2D eigenvalue weighted by molar-refractivity contribution is -0.232. The third-order valence-electron chi connectivity index (χ3n) is 17.3. The molecule has 7 rings (SSSR count). The summed E-state index contributed by atoms with van der Waals surface area (Å²) in [4.78, 5) is 54.4. The van der Waals surface area contributed by atoms with Crippen LogP contribution in [0.15, 0.2) is 47.6 Å². The Balaban J connectivity index is 1.11. The molecule has 0 heterocycles. The molecule has 0 bridgehead atoms. The second-order valence-corrected chi connectivity index (χ2v) is 23.6. The Labute approximate surface area is 359 Å². The molecule has 1 N–H and O–H groups in total. The molecule has 6 aliphatic carbocycles.